The van der Waals surface area contributed by atoms with Crippen molar-refractivity contribution in [2.45, 2.75) is 62.8 Å². The molecule has 0 spiro atoms. The van der Waals surface area contributed by atoms with E-state index in [4.69, 9.17) is 4.74 Å². The van der Waals surface area contributed by atoms with Gasteiger partial charge in [-0.05, 0) is 56.4 Å². The van der Waals surface area contributed by atoms with E-state index in [2.05, 4.69) is 5.32 Å². The molecule has 0 unspecified atom stereocenters. The van der Waals surface area contributed by atoms with E-state index >= 15 is 0 Å². The third-order valence-electron chi connectivity index (χ3n) is 5.71. The lowest BCUT2D eigenvalue weighted by molar-refractivity contribution is -0.127. The van der Waals surface area contributed by atoms with Gasteiger partial charge in [0.25, 0.3) is 0 Å². The number of piperidine rings is 1. The van der Waals surface area contributed by atoms with Crippen molar-refractivity contribution in [3.63, 3.8) is 0 Å². The number of amides is 1. The van der Waals surface area contributed by atoms with Gasteiger partial charge in [0.2, 0.25) is 15.9 Å². The number of nitrogens with one attached hydrogen (secondary N) is 1. The van der Waals surface area contributed by atoms with Crippen LogP contribution >= 0.6 is 0 Å². The lowest BCUT2D eigenvalue weighted by Crippen LogP contribution is -2.47. The maximum absolute atomic E-state index is 13.1. The molecule has 1 saturated heterocycles. The van der Waals surface area contributed by atoms with E-state index in [-0.39, 0.29) is 29.3 Å². The molecule has 0 radical (unpaired) electrons. The number of nitrogens with zero attached hydrogens (tertiary/aromatic N) is 1. The van der Waals surface area contributed by atoms with Crippen LogP contribution in [-0.4, -0.2) is 44.9 Å². The van der Waals surface area contributed by atoms with E-state index in [9.17, 15) is 13.2 Å². The van der Waals surface area contributed by atoms with Crippen LogP contribution in [-0.2, 0) is 14.8 Å². The Morgan fingerprint density at radius 3 is 2.56 bits per heavy atom. The van der Waals surface area contributed by atoms with Crippen LogP contribution in [0.5, 0.6) is 5.75 Å². The molecular formula is C20H30N2O4S. The van der Waals surface area contributed by atoms with Gasteiger partial charge in [0.1, 0.15) is 5.75 Å². The number of rotatable bonds is 5. The van der Waals surface area contributed by atoms with Crippen LogP contribution in [0, 0.1) is 12.8 Å². The molecule has 1 aliphatic carbocycles. The van der Waals surface area contributed by atoms with Crippen molar-refractivity contribution in [2.24, 2.45) is 5.92 Å². The van der Waals surface area contributed by atoms with Crippen molar-refractivity contribution in [1.29, 1.82) is 0 Å². The first-order valence-electron chi connectivity index (χ1n) is 9.87. The molecule has 3 rings (SSSR count). The molecule has 1 amide bonds. The third-order valence-corrected chi connectivity index (χ3v) is 7.57. The molecule has 2 fully saturated rings. The lowest BCUT2D eigenvalue weighted by atomic mass is 9.93. The van der Waals surface area contributed by atoms with Crippen molar-refractivity contribution in [3.8, 4) is 5.75 Å². The fourth-order valence-electron chi connectivity index (χ4n) is 4.10. The molecule has 1 saturated carbocycles. The number of carbonyl (C=O) groups excluding carboxylic acids is 1. The molecule has 1 atom stereocenters. The van der Waals surface area contributed by atoms with E-state index in [0.29, 0.717) is 18.7 Å². The van der Waals surface area contributed by atoms with E-state index in [1.54, 1.807) is 25.3 Å². The Kier molecular flexibility index (Phi) is 6.42. The molecule has 7 heteroatoms. The zero-order valence-electron chi connectivity index (χ0n) is 16.2. The summed E-state index contributed by atoms with van der Waals surface area (Å²) in [4.78, 5) is 12.9. The van der Waals surface area contributed by atoms with E-state index in [1.807, 2.05) is 6.92 Å². The third kappa shape index (κ3) is 4.63. The smallest absolute Gasteiger partial charge is 0.243 e. The number of hydrogen-bond acceptors (Lipinski definition) is 4. The number of hydrogen-bond donors (Lipinski definition) is 1. The minimum Gasteiger partial charge on any atom is -0.496 e. The van der Waals surface area contributed by atoms with E-state index in [1.165, 1.54) is 10.7 Å². The summed E-state index contributed by atoms with van der Waals surface area (Å²) in [5, 5.41) is 3.15. The summed E-state index contributed by atoms with van der Waals surface area (Å²) in [6, 6.07) is 5.15. The Balaban J connectivity index is 1.69. The van der Waals surface area contributed by atoms with Crippen LogP contribution in [0.25, 0.3) is 0 Å². The SMILES string of the molecule is COc1ccc(S(=O)(=O)N2CCC[C@H](C(=O)NC3CCCCC3)C2)cc1C. The van der Waals surface area contributed by atoms with Crippen LogP contribution in [0.15, 0.2) is 23.1 Å². The van der Waals surface area contributed by atoms with Gasteiger partial charge < -0.3 is 10.1 Å². The summed E-state index contributed by atoms with van der Waals surface area (Å²) in [5.74, 6) is 0.403. The van der Waals surface area contributed by atoms with Crippen molar-refractivity contribution in [2.75, 3.05) is 20.2 Å². The Labute approximate surface area is 162 Å². The molecule has 0 aromatic heterocycles. The molecule has 1 aromatic carbocycles. The summed E-state index contributed by atoms with van der Waals surface area (Å²) in [5.41, 5.74) is 0.780. The average molecular weight is 395 g/mol. The second-order valence-electron chi connectivity index (χ2n) is 7.68. The number of carbonyl (C=O) groups is 1. The number of sulfonamides is 1. The van der Waals surface area contributed by atoms with E-state index in [0.717, 1.165) is 37.7 Å². The van der Waals surface area contributed by atoms with Gasteiger partial charge in [-0.1, -0.05) is 19.3 Å². The average Bonchev–Trinajstić information content (AvgIpc) is 2.68. The maximum atomic E-state index is 13.1. The highest BCUT2D eigenvalue weighted by molar-refractivity contribution is 7.89. The Bertz CT molecular complexity index is 772. The summed E-state index contributed by atoms with van der Waals surface area (Å²) in [6.45, 7) is 2.54. The zero-order valence-corrected chi connectivity index (χ0v) is 17.1. The van der Waals surface area contributed by atoms with Gasteiger partial charge >= 0.3 is 0 Å². The van der Waals surface area contributed by atoms with Crippen molar-refractivity contribution in [3.05, 3.63) is 23.8 Å². The largest absolute Gasteiger partial charge is 0.496 e. The quantitative estimate of drug-likeness (QED) is 0.833. The van der Waals surface area contributed by atoms with Gasteiger partial charge in [-0.15, -0.1) is 0 Å². The Hall–Kier alpha value is -1.60. The topological polar surface area (TPSA) is 75.7 Å². The number of benzene rings is 1. The molecule has 6 nitrogen and oxygen atoms in total. The first-order chi connectivity index (χ1) is 12.9. The first-order valence-corrected chi connectivity index (χ1v) is 11.3. The molecule has 1 aromatic rings. The number of ether oxygens (including phenoxy) is 1. The highest BCUT2D eigenvalue weighted by Gasteiger charge is 2.34. The van der Waals surface area contributed by atoms with Gasteiger partial charge in [-0.2, -0.15) is 4.31 Å². The fraction of sp³-hybridized carbons (Fsp3) is 0.650. The minimum atomic E-state index is -3.61. The molecule has 27 heavy (non-hydrogen) atoms. The standard InChI is InChI=1S/C20H30N2O4S/c1-15-13-18(10-11-19(15)26-2)27(24,25)22-12-6-7-16(14-22)20(23)21-17-8-4-3-5-9-17/h10-11,13,16-17H,3-9,12,14H2,1-2H3,(H,21,23)/t16-/m0/s1. The second kappa shape index (κ2) is 8.61. The zero-order chi connectivity index (χ0) is 19.4. The summed E-state index contributed by atoms with van der Waals surface area (Å²) < 4.78 is 32.8. The van der Waals surface area contributed by atoms with Gasteiger partial charge in [0.05, 0.1) is 17.9 Å². The Morgan fingerprint density at radius 1 is 1.15 bits per heavy atom. The highest BCUT2D eigenvalue weighted by Crippen LogP contribution is 2.27. The molecule has 150 valence electrons. The predicted octanol–water partition coefficient (Wildman–Crippen LogP) is 2.85. The Morgan fingerprint density at radius 2 is 1.89 bits per heavy atom. The molecule has 2 aliphatic rings. The molecule has 0 bridgehead atoms. The summed E-state index contributed by atoms with van der Waals surface area (Å²) in [7, 11) is -2.05. The van der Waals surface area contributed by atoms with Crippen LogP contribution in [0.1, 0.15) is 50.5 Å². The van der Waals surface area contributed by atoms with Crippen molar-refractivity contribution >= 4 is 15.9 Å². The normalized spacial score (nSPS) is 22.4. The molecular weight excluding hydrogens is 364 g/mol. The summed E-state index contributed by atoms with van der Waals surface area (Å²) >= 11 is 0. The number of methoxy groups -OCH3 is 1. The van der Waals surface area contributed by atoms with Gasteiger partial charge in [0, 0.05) is 19.1 Å². The monoisotopic (exact) mass is 394 g/mol. The van der Waals surface area contributed by atoms with Gasteiger partial charge in [-0.3, -0.25) is 4.79 Å². The lowest BCUT2D eigenvalue weighted by Gasteiger charge is -2.33. The van der Waals surface area contributed by atoms with Crippen LogP contribution < -0.4 is 10.1 Å². The van der Waals surface area contributed by atoms with Gasteiger partial charge in [-0.25, -0.2) is 8.42 Å². The second-order valence-corrected chi connectivity index (χ2v) is 9.62. The van der Waals surface area contributed by atoms with Crippen LogP contribution in [0.4, 0.5) is 0 Å². The molecule has 1 heterocycles. The van der Waals surface area contributed by atoms with Crippen molar-refractivity contribution < 1.29 is 17.9 Å². The summed E-state index contributed by atoms with van der Waals surface area (Å²) in [6.07, 6.45) is 7.07. The predicted molar refractivity (Wildman–Crippen MR) is 104 cm³/mol. The minimum absolute atomic E-state index is 0.00714. The van der Waals surface area contributed by atoms with Crippen LogP contribution in [0.2, 0.25) is 0 Å². The fourth-order valence-corrected chi connectivity index (χ4v) is 5.71. The van der Waals surface area contributed by atoms with Gasteiger partial charge in [0.15, 0.2) is 0 Å². The number of aryl methyl sites for hydroxylation is 1. The van der Waals surface area contributed by atoms with E-state index < -0.39 is 10.0 Å². The maximum Gasteiger partial charge on any atom is 0.243 e. The van der Waals surface area contributed by atoms with Crippen molar-refractivity contribution in [1.82, 2.24) is 9.62 Å². The highest BCUT2D eigenvalue weighted by atomic mass is 32.2. The molecule has 1 aliphatic heterocycles. The van der Waals surface area contributed by atoms with Crippen LogP contribution in [0.3, 0.4) is 0 Å². The molecule has 1 N–H and O–H groups in total. The first kappa shape index (κ1) is 20.1.